The predicted octanol–water partition coefficient (Wildman–Crippen LogP) is 7.54. The number of halogens is 1. The highest BCUT2D eigenvalue weighted by Gasteiger charge is 2.33. The minimum atomic E-state index is -4.24. The molecule has 0 saturated heterocycles. The minimum absolute atomic E-state index is 0.0358. The van der Waals surface area contributed by atoms with Crippen LogP contribution in [0, 0.1) is 6.92 Å². The highest BCUT2D eigenvalue weighted by Crippen LogP contribution is 2.38. The summed E-state index contributed by atoms with van der Waals surface area (Å²) in [5, 5.41) is 0.383. The van der Waals surface area contributed by atoms with E-state index in [2.05, 4.69) is 11.6 Å². The summed E-state index contributed by atoms with van der Waals surface area (Å²) in [4.78, 5) is 9.31. The summed E-state index contributed by atoms with van der Waals surface area (Å²) in [5.41, 5.74) is 2.41. The van der Waals surface area contributed by atoms with Crippen molar-refractivity contribution in [1.29, 1.82) is 0 Å². The van der Waals surface area contributed by atoms with E-state index in [9.17, 15) is 16.8 Å². The van der Waals surface area contributed by atoms with Crippen LogP contribution < -0.4 is 4.72 Å². The lowest BCUT2D eigenvalue weighted by molar-refractivity contribution is 0.564. The first-order valence-corrected chi connectivity index (χ1v) is 17.4. The molecule has 2 aromatic heterocycles. The maximum absolute atomic E-state index is 14.3. The average Bonchev–Trinajstić information content (AvgIpc) is 3.25. The Kier molecular flexibility index (Phi) is 8.86. The molecule has 0 aliphatic carbocycles. The first-order valence-electron chi connectivity index (χ1n) is 14.0. The van der Waals surface area contributed by atoms with Crippen LogP contribution in [0.4, 0.5) is 5.82 Å². The van der Waals surface area contributed by atoms with E-state index >= 15 is 0 Å². The number of sulfone groups is 1. The molecule has 0 saturated carbocycles. The van der Waals surface area contributed by atoms with E-state index in [1.54, 1.807) is 34.9 Å². The molecule has 0 bridgehead atoms. The second-order valence-electron chi connectivity index (χ2n) is 10.4. The SMILES string of the molecule is CCCCCCCCn1c(NS(=O)(=O)c2ccc(Cl)cc2)c(S(=O)(=O)c2ccc(C)cc2)c2nc3ccccc3nc21. The van der Waals surface area contributed by atoms with Crippen LogP contribution >= 0.6 is 11.6 Å². The van der Waals surface area contributed by atoms with Crippen molar-refractivity contribution in [2.24, 2.45) is 0 Å². The Labute approximate surface area is 251 Å². The van der Waals surface area contributed by atoms with Crippen LogP contribution in [0.15, 0.2) is 87.5 Å². The number of rotatable bonds is 12. The van der Waals surface area contributed by atoms with Gasteiger partial charge in [0.05, 0.1) is 20.8 Å². The Hall–Kier alpha value is -3.47. The molecule has 0 aliphatic rings. The lowest BCUT2D eigenvalue weighted by Gasteiger charge is -2.15. The molecule has 8 nitrogen and oxygen atoms in total. The predicted molar refractivity (Wildman–Crippen MR) is 167 cm³/mol. The second-order valence-corrected chi connectivity index (χ2v) is 14.4. The lowest BCUT2D eigenvalue weighted by atomic mass is 10.1. The van der Waals surface area contributed by atoms with Gasteiger partial charge in [-0.2, -0.15) is 0 Å². The van der Waals surface area contributed by atoms with Crippen LogP contribution in [0.1, 0.15) is 51.0 Å². The molecule has 0 aliphatic heterocycles. The van der Waals surface area contributed by atoms with Crippen molar-refractivity contribution in [3.8, 4) is 0 Å². The van der Waals surface area contributed by atoms with Crippen molar-refractivity contribution in [3.05, 3.63) is 83.4 Å². The molecule has 0 amide bonds. The van der Waals surface area contributed by atoms with E-state index < -0.39 is 19.9 Å². The Morgan fingerprint density at radius 3 is 2.02 bits per heavy atom. The summed E-state index contributed by atoms with van der Waals surface area (Å²) in [5.74, 6) is -0.0793. The Morgan fingerprint density at radius 1 is 0.762 bits per heavy atom. The molecule has 0 spiro atoms. The van der Waals surface area contributed by atoms with E-state index in [0.717, 1.165) is 37.7 Å². The van der Waals surface area contributed by atoms with Gasteiger partial charge >= 0.3 is 0 Å². The van der Waals surface area contributed by atoms with Gasteiger partial charge in [0, 0.05) is 11.6 Å². The molecule has 11 heteroatoms. The number of hydrogen-bond donors (Lipinski definition) is 1. The van der Waals surface area contributed by atoms with E-state index in [4.69, 9.17) is 21.6 Å². The molecule has 0 atom stereocenters. The topological polar surface area (TPSA) is 111 Å². The summed E-state index contributed by atoms with van der Waals surface area (Å²) in [6.07, 6.45) is 6.03. The van der Waals surface area contributed by atoms with E-state index in [-0.39, 0.29) is 26.0 Å². The number of fused-ring (bicyclic) bond motifs is 2. The number of unbranched alkanes of at least 4 members (excludes halogenated alkanes) is 5. The number of aromatic nitrogens is 3. The van der Waals surface area contributed by atoms with Crippen LogP contribution in [0.5, 0.6) is 0 Å². The Bertz CT molecular complexity index is 1940. The van der Waals surface area contributed by atoms with Crippen molar-refractivity contribution >= 4 is 59.5 Å². The van der Waals surface area contributed by atoms with Gasteiger partial charge in [-0.1, -0.05) is 80.5 Å². The summed E-state index contributed by atoms with van der Waals surface area (Å²) >= 11 is 6.00. The van der Waals surface area contributed by atoms with Crippen LogP contribution in [-0.2, 0) is 26.4 Å². The molecular weight excluding hydrogens is 592 g/mol. The average molecular weight is 625 g/mol. The molecule has 5 aromatic rings. The fourth-order valence-electron chi connectivity index (χ4n) is 4.93. The molecule has 0 fully saturated rings. The van der Waals surface area contributed by atoms with Crippen LogP contribution in [0.25, 0.3) is 22.2 Å². The number of nitrogens with one attached hydrogen (secondary N) is 1. The summed E-state index contributed by atoms with van der Waals surface area (Å²) in [7, 11) is -8.45. The highest BCUT2D eigenvalue weighted by atomic mass is 35.5. The van der Waals surface area contributed by atoms with E-state index in [1.807, 2.05) is 13.0 Å². The van der Waals surface area contributed by atoms with Gasteiger partial charge < -0.3 is 4.57 Å². The van der Waals surface area contributed by atoms with Crippen molar-refractivity contribution < 1.29 is 16.8 Å². The summed E-state index contributed by atoms with van der Waals surface area (Å²) < 4.78 is 60.3. The molecular formula is C31H33ClN4O4S2. The first kappa shape index (κ1) is 30.0. The molecule has 0 radical (unpaired) electrons. The number of para-hydroxylation sites is 2. The summed E-state index contributed by atoms with van der Waals surface area (Å²) in [6, 6.07) is 19.4. The van der Waals surface area contributed by atoms with Gasteiger partial charge in [-0.15, -0.1) is 0 Å². The number of aryl methyl sites for hydroxylation is 2. The number of anilines is 1. The van der Waals surface area contributed by atoms with Gasteiger partial charge in [-0.05, 0) is 61.9 Å². The molecule has 5 rings (SSSR count). The highest BCUT2D eigenvalue weighted by molar-refractivity contribution is 7.93. The molecule has 3 aromatic carbocycles. The maximum atomic E-state index is 14.3. The zero-order valence-corrected chi connectivity index (χ0v) is 25.9. The molecule has 2 heterocycles. The third-order valence-electron chi connectivity index (χ3n) is 7.20. The fourth-order valence-corrected chi connectivity index (χ4v) is 7.74. The number of sulfonamides is 1. The van der Waals surface area contributed by atoms with Gasteiger partial charge in [0.15, 0.2) is 5.65 Å². The van der Waals surface area contributed by atoms with Gasteiger partial charge in [-0.25, -0.2) is 26.8 Å². The first-order chi connectivity index (χ1) is 20.1. The number of nitrogens with zero attached hydrogens (tertiary/aromatic N) is 3. The Morgan fingerprint density at radius 2 is 1.36 bits per heavy atom. The smallest absolute Gasteiger partial charge is 0.263 e. The van der Waals surface area contributed by atoms with Crippen molar-refractivity contribution in [2.75, 3.05) is 4.72 Å². The Balaban J connectivity index is 1.74. The van der Waals surface area contributed by atoms with Crippen molar-refractivity contribution in [2.45, 2.75) is 73.6 Å². The van der Waals surface area contributed by atoms with Crippen molar-refractivity contribution in [3.63, 3.8) is 0 Å². The normalized spacial score (nSPS) is 12.3. The molecule has 0 unspecified atom stereocenters. The monoisotopic (exact) mass is 624 g/mol. The van der Waals surface area contributed by atoms with Crippen LogP contribution in [0.3, 0.4) is 0 Å². The molecule has 1 N–H and O–H groups in total. The van der Waals surface area contributed by atoms with Gasteiger partial charge in [0.25, 0.3) is 10.0 Å². The number of benzene rings is 3. The second kappa shape index (κ2) is 12.4. The van der Waals surface area contributed by atoms with Gasteiger partial charge in [0.1, 0.15) is 16.2 Å². The largest absolute Gasteiger partial charge is 0.309 e. The quantitative estimate of drug-likeness (QED) is 0.144. The van der Waals surface area contributed by atoms with Crippen molar-refractivity contribution in [1.82, 2.24) is 14.5 Å². The minimum Gasteiger partial charge on any atom is -0.309 e. The third kappa shape index (κ3) is 6.16. The van der Waals surface area contributed by atoms with Crippen LogP contribution in [0.2, 0.25) is 5.02 Å². The van der Waals surface area contributed by atoms with E-state index in [1.165, 1.54) is 36.4 Å². The maximum Gasteiger partial charge on any atom is 0.263 e. The zero-order chi connectivity index (χ0) is 29.9. The van der Waals surface area contributed by atoms with Gasteiger partial charge in [-0.3, -0.25) is 4.72 Å². The van der Waals surface area contributed by atoms with Gasteiger partial charge in [0.2, 0.25) is 9.84 Å². The standard InChI is InChI=1S/C31H33ClN4O4S2/c1-3-4-5-6-7-10-21-36-30-28(33-26-11-8-9-12-27(26)34-30)29(41(37,38)24-17-13-22(2)14-18-24)31(36)35-42(39,40)25-19-15-23(32)16-20-25/h8-9,11-20,35H,3-7,10,21H2,1-2H3. The molecule has 42 heavy (non-hydrogen) atoms. The zero-order valence-electron chi connectivity index (χ0n) is 23.5. The fraction of sp³-hybridized carbons (Fsp3) is 0.290. The third-order valence-corrected chi connectivity index (χ3v) is 10.6. The summed E-state index contributed by atoms with van der Waals surface area (Å²) in [6.45, 7) is 4.38. The lowest BCUT2D eigenvalue weighted by Crippen LogP contribution is -2.18. The number of hydrogen-bond acceptors (Lipinski definition) is 6. The molecule has 220 valence electrons. The van der Waals surface area contributed by atoms with Crippen LogP contribution in [-0.4, -0.2) is 31.4 Å². The van der Waals surface area contributed by atoms with E-state index in [0.29, 0.717) is 34.7 Å².